The zero-order valence-electron chi connectivity index (χ0n) is 35.2. The van der Waals surface area contributed by atoms with E-state index in [1.54, 1.807) is 22.2 Å². The van der Waals surface area contributed by atoms with Gasteiger partial charge in [-0.1, -0.05) is 99.5 Å². The number of alkyl carbamates (subject to hydrolysis) is 2. The number of carbonyl (C=O) groups is 4. The lowest BCUT2D eigenvalue weighted by molar-refractivity contribution is -0.135. The molecule has 2 aliphatic rings. The molecule has 60 heavy (non-hydrogen) atoms. The van der Waals surface area contributed by atoms with E-state index in [0.717, 1.165) is 55.6 Å². The molecule has 3 aromatic carbocycles. The second-order valence-corrected chi connectivity index (χ2v) is 16.3. The van der Waals surface area contributed by atoms with E-state index in [4.69, 9.17) is 14.5 Å². The number of carbonyl (C=O) groups excluding carboxylic acids is 4. The Morgan fingerprint density at radius 1 is 0.617 bits per heavy atom. The van der Waals surface area contributed by atoms with Gasteiger partial charge in [0.25, 0.3) is 0 Å². The monoisotopic (exact) mass is 812 g/mol. The van der Waals surface area contributed by atoms with Crippen LogP contribution in [0.4, 0.5) is 9.59 Å². The number of aromatic nitrogens is 4. The zero-order valence-corrected chi connectivity index (χ0v) is 35.2. The maximum absolute atomic E-state index is 13.7. The molecule has 5 aromatic rings. The third-order valence-corrected chi connectivity index (χ3v) is 11.2. The highest BCUT2D eigenvalue weighted by Crippen LogP contribution is 2.35. The molecule has 0 spiro atoms. The summed E-state index contributed by atoms with van der Waals surface area (Å²) in [5.41, 5.74) is 7.81. The van der Waals surface area contributed by atoms with Crippen molar-refractivity contribution in [2.24, 2.45) is 11.8 Å². The van der Waals surface area contributed by atoms with Gasteiger partial charge in [0.15, 0.2) is 0 Å². The van der Waals surface area contributed by atoms with Crippen LogP contribution < -0.4 is 10.6 Å². The number of H-pyrrole nitrogens is 2. The molecule has 14 heteroatoms. The molecule has 4 heterocycles. The fourth-order valence-corrected chi connectivity index (χ4v) is 7.90. The van der Waals surface area contributed by atoms with E-state index < -0.39 is 36.4 Å². The van der Waals surface area contributed by atoms with Crippen molar-refractivity contribution in [1.82, 2.24) is 40.4 Å². The molecule has 14 nitrogen and oxygen atoms in total. The summed E-state index contributed by atoms with van der Waals surface area (Å²) in [6, 6.07) is 18.7. The van der Waals surface area contributed by atoms with Crippen LogP contribution in [0.25, 0.3) is 44.4 Å². The van der Waals surface area contributed by atoms with E-state index in [1.807, 2.05) is 53.7 Å². The van der Waals surface area contributed by atoms with Crippen LogP contribution in [0.1, 0.15) is 65.3 Å². The van der Waals surface area contributed by atoms with Gasteiger partial charge in [-0.25, -0.2) is 19.6 Å². The summed E-state index contributed by atoms with van der Waals surface area (Å²) in [4.78, 5) is 71.2. The maximum Gasteiger partial charge on any atom is 0.407 e. The van der Waals surface area contributed by atoms with Gasteiger partial charge in [0.2, 0.25) is 11.8 Å². The SMILES string of the molecule is COC(=O)NC(C(=O)N1CC(C)=CC1c1ncc(-c2ccc(-c3ccc4cc(-c5cnc(C6C=C(C)CN6C(=O)C(NC(=O)OC)C(C)C)[nH]5)ccc4c3)cc2)[nH]1)C(C)C. The Morgan fingerprint density at radius 3 is 1.47 bits per heavy atom. The number of rotatable bonds is 11. The van der Waals surface area contributed by atoms with Crippen LogP contribution >= 0.6 is 0 Å². The number of methoxy groups -OCH3 is 2. The first-order chi connectivity index (χ1) is 28.7. The lowest BCUT2D eigenvalue weighted by Gasteiger charge is -2.30. The van der Waals surface area contributed by atoms with Gasteiger partial charge >= 0.3 is 12.2 Å². The molecule has 0 saturated carbocycles. The number of imidazole rings is 2. The molecule has 0 saturated heterocycles. The standard InChI is InChI=1S/C46H52N8O6/c1-25(2)39(51-45(57)59-7)43(55)53-23-27(5)17-37(53)41-47-21-35(49-41)30-11-9-29(10-12-30)31-13-14-33-20-34(16-15-32(33)19-31)36-22-48-42(50-36)38-18-28(6)24-54(38)44(56)40(26(3)4)52-46(58)60-8/h9-22,25-26,37-40H,23-24H2,1-8H3,(H,47,49)(H,48,50)(H,51,57)(H,52,58). The van der Waals surface area contributed by atoms with Gasteiger partial charge in [0.05, 0.1) is 38.0 Å². The second kappa shape index (κ2) is 17.3. The lowest BCUT2D eigenvalue weighted by atomic mass is 9.98. The van der Waals surface area contributed by atoms with Gasteiger partial charge in [0.1, 0.15) is 35.8 Å². The van der Waals surface area contributed by atoms with Gasteiger partial charge < -0.3 is 39.9 Å². The van der Waals surface area contributed by atoms with Crippen LogP contribution in [-0.2, 0) is 19.1 Å². The van der Waals surface area contributed by atoms with Gasteiger partial charge in [-0.15, -0.1) is 0 Å². The van der Waals surface area contributed by atoms with Gasteiger partial charge in [-0.05, 0) is 65.3 Å². The molecule has 4 unspecified atom stereocenters. The number of nitrogens with one attached hydrogen (secondary N) is 4. The molecule has 0 aliphatic carbocycles. The number of nitrogens with zero attached hydrogens (tertiary/aromatic N) is 4. The van der Waals surface area contributed by atoms with Crippen LogP contribution in [0.5, 0.6) is 0 Å². The molecule has 312 valence electrons. The third-order valence-electron chi connectivity index (χ3n) is 11.2. The average Bonchev–Trinajstić information content (AvgIpc) is 4.07. The van der Waals surface area contributed by atoms with Crippen molar-refractivity contribution < 1.29 is 28.7 Å². The predicted molar refractivity (Wildman–Crippen MR) is 229 cm³/mol. The summed E-state index contributed by atoms with van der Waals surface area (Å²) in [6.45, 7) is 12.4. The third kappa shape index (κ3) is 8.54. The van der Waals surface area contributed by atoms with Crippen molar-refractivity contribution in [3.05, 3.63) is 108 Å². The Kier molecular flexibility index (Phi) is 11.9. The molecule has 7 rings (SSSR count). The highest BCUT2D eigenvalue weighted by atomic mass is 16.5. The van der Waals surface area contributed by atoms with Crippen molar-refractivity contribution in [2.75, 3.05) is 27.3 Å². The van der Waals surface area contributed by atoms with Crippen LogP contribution in [-0.4, -0.2) is 93.1 Å². The molecular weight excluding hydrogens is 761 g/mol. The van der Waals surface area contributed by atoms with Crippen LogP contribution in [0.15, 0.2) is 96.4 Å². The Morgan fingerprint density at radius 2 is 1.02 bits per heavy atom. The highest BCUT2D eigenvalue weighted by molar-refractivity contribution is 5.91. The second-order valence-electron chi connectivity index (χ2n) is 16.3. The van der Waals surface area contributed by atoms with E-state index in [1.165, 1.54) is 14.2 Å². The number of hydrogen-bond acceptors (Lipinski definition) is 8. The topological polar surface area (TPSA) is 175 Å². The number of benzene rings is 3. The average molecular weight is 813 g/mol. The van der Waals surface area contributed by atoms with Crippen molar-refractivity contribution in [2.45, 2.75) is 65.7 Å². The van der Waals surface area contributed by atoms with Gasteiger partial charge in [-0.2, -0.15) is 0 Å². The molecule has 2 aliphatic heterocycles. The van der Waals surface area contributed by atoms with Crippen molar-refractivity contribution in [3.8, 4) is 33.6 Å². The first-order valence-corrected chi connectivity index (χ1v) is 20.1. The molecule has 4 N–H and O–H groups in total. The Hall–Kier alpha value is -6.70. The molecule has 0 radical (unpaired) electrons. The molecular formula is C46H52N8O6. The minimum absolute atomic E-state index is 0.138. The number of hydrogen-bond donors (Lipinski definition) is 4. The largest absolute Gasteiger partial charge is 0.453 e. The van der Waals surface area contributed by atoms with E-state index in [-0.39, 0.29) is 23.7 Å². The minimum Gasteiger partial charge on any atom is -0.453 e. The number of aromatic amines is 2. The van der Waals surface area contributed by atoms with E-state index in [9.17, 15) is 19.2 Å². The molecule has 4 atom stereocenters. The normalized spacial score (nSPS) is 17.4. The smallest absolute Gasteiger partial charge is 0.407 e. The Labute approximate surface area is 349 Å². The van der Waals surface area contributed by atoms with Crippen LogP contribution in [0.3, 0.4) is 0 Å². The van der Waals surface area contributed by atoms with Crippen molar-refractivity contribution in [3.63, 3.8) is 0 Å². The quantitative estimate of drug-likeness (QED) is 0.0982. The summed E-state index contributed by atoms with van der Waals surface area (Å²) in [5, 5.41) is 7.54. The Bertz CT molecular complexity index is 2480. The van der Waals surface area contributed by atoms with Crippen LogP contribution in [0.2, 0.25) is 0 Å². The minimum atomic E-state index is -0.736. The van der Waals surface area contributed by atoms with Crippen molar-refractivity contribution >= 4 is 34.8 Å². The summed E-state index contributed by atoms with van der Waals surface area (Å²) < 4.78 is 9.55. The fourth-order valence-electron chi connectivity index (χ4n) is 7.90. The first kappa shape index (κ1) is 41.5. The number of amides is 4. The summed E-state index contributed by atoms with van der Waals surface area (Å²) in [7, 11) is 2.57. The Balaban J connectivity index is 1.05. The van der Waals surface area contributed by atoms with E-state index in [2.05, 4.69) is 86.2 Å². The van der Waals surface area contributed by atoms with E-state index >= 15 is 0 Å². The molecule has 2 aromatic heterocycles. The summed E-state index contributed by atoms with van der Waals surface area (Å²) in [5.74, 6) is 0.625. The maximum atomic E-state index is 13.7. The first-order valence-electron chi connectivity index (χ1n) is 20.1. The van der Waals surface area contributed by atoms with E-state index in [0.29, 0.717) is 24.7 Å². The highest BCUT2D eigenvalue weighted by Gasteiger charge is 2.38. The number of fused-ring (bicyclic) bond motifs is 1. The predicted octanol–water partition coefficient (Wildman–Crippen LogP) is 7.71. The van der Waals surface area contributed by atoms with Gasteiger partial charge in [-0.3, -0.25) is 9.59 Å². The van der Waals surface area contributed by atoms with Gasteiger partial charge in [0, 0.05) is 18.7 Å². The zero-order chi connectivity index (χ0) is 42.8. The van der Waals surface area contributed by atoms with Crippen LogP contribution in [0, 0.1) is 11.8 Å². The summed E-state index contributed by atoms with van der Waals surface area (Å²) in [6.07, 6.45) is 6.34. The fraction of sp³-hybridized carbons (Fsp3) is 0.348. The lowest BCUT2D eigenvalue weighted by Crippen LogP contribution is -2.51. The molecule has 4 amide bonds. The van der Waals surface area contributed by atoms with Crippen molar-refractivity contribution in [1.29, 1.82) is 0 Å². The molecule has 0 bridgehead atoms. The number of ether oxygens (including phenoxy) is 2. The molecule has 0 fully saturated rings. The summed E-state index contributed by atoms with van der Waals surface area (Å²) >= 11 is 0.